The summed E-state index contributed by atoms with van der Waals surface area (Å²) in [5.74, 6) is 0.778. The molecule has 0 N–H and O–H groups in total. The number of allylic oxidation sites excluding steroid dienone is 1. The predicted octanol–water partition coefficient (Wildman–Crippen LogP) is 3.57. The van der Waals surface area contributed by atoms with Crippen molar-refractivity contribution in [3.63, 3.8) is 0 Å². The van der Waals surface area contributed by atoms with Gasteiger partial charge in [-0.3, -0.25) is 4.79 Å². The number of carbonyl (C=O) groups is 1. The molecule has 0 aromatic heterocycles. The maximum Gasteiger partial charge on any atom is 0.134 e. The summed E-state index contributed by atoms with van der Waals surface area (Å²) in [6.45, 7) is 11.4. The Hall–Kier alpha value is -0.790. The Morgan fingerprint density at radius 2 is 1.75 bits per heavy atom. The Morgan fingerprint density at radius 3 is 2.19 bits per heavy atom. The Labute approximate surface area is 99.1 Å². The summed E-state index contributed by atoms with van der Waals surface area (Å²) in [5.41, 5.74) is 0.0683. The molecule has 0 aliphatic heterocycles. The molecule has 1 rings (SSSR count). The Morgan fingerprint density at radius 1 is 1.25 bits per heavy atom. The van der Waals surface area contributed by atoms with E-state index in [0.717, 1.165) is 0 Å². The highest BCUT2D eigenvalue weighted by Gasteiger charge is 2.45. The molecule has 1 aliphatic carbocycles. The fourth-order valence-corrected chi connectivity index (χ4v) is 3.11. The molecular weight excluding hydrogens is 200 g/mol. The normalized spacial score (nSPS) is 24.9. The van der Waals surface area contributed by atoms with Crippen molar-refractivity contribution in [1.29, 1.82) is 0 Å². The maximum atomic E-state index is 11.7. The van der Waals surface area contributed by atoms with Crippen molar-refractivity contribution in [3.8, 4) is 0 Å². The fraction of sp³-hybridized carbons (Fsp3) is 0.786. The summed E-state index contributed by atoms with van der Waals surface area (Å²) in [4.78, 5) is 11.7. The van der Waals surface area contributed by atoms with Crippen LogP contribution in [0.4, 0.5) is 0 Å². The van der Waals surface area contributed by atoms with Gasteiger partial charge in [-0.15, -0.1) is 0 Å². The molecular formula is C14H24O2. The van der Waals surface area contributed by atoms with Gasteiger partial charge in [-0.25, -0.2) is 0 Å². The molecule has 0 heterocycles. The summed E-state index contributed by atoms with van der Waals surface area (Å²) in [7, 11) is 0. The first-order chi connectivity index (χ1) is 7.29. The second-order valence-electron chi connectivity index (χ2n) is 6.13. The van der Waals surface area contributed by atoms with Gasteiger partial charge in [-0.1, -0.05) is 27.7 Å². The minimum Gasteiger partial charge on any atom is -0.502 e. The van der Waals surface area contributed by atoms with Crippen LogP contribution in [0.25, 0.3) is 0 Å². The number of carbonyl (C=O) groups excluding carboxylic acids is 1. The molecule has 0 amide bonds. The third-order valence-corrected chi connectivity index (χ3v) is 3.52. The average Bonchev–Trinajstić information content (AvgIpc) is 2.07. The van der Waals surface area contributed by atoms with Crippen molar-refractivity contribution in [2.24, 2.45) is 16.7 Å². The van der Waals surface area contributed by atoms with Gasteiger partial charge in [0.15, 0.2) is 0 Å². The van der Waals surface area contributed by atoms with Crippen LogP contribution in [0.2, 0.25) is 0 Å². The SMILES string of the molecule is CCOC=CC1C(C)(C)CC(=O)CC1(C)C. The molecule has 2 nitrogen and oxygen atoms in total. The summed E-state index contributed by atoms with van der Waals surface area (Å²) < 4.78 is 5.28. The summed E-state index contributed by atoms with van der Waals surface area (Å²) in [6, 6.07) is 0. The lowest BCUT2D eigenvalue weighted by Crippen LogP contribution is -2.43. The Bertz CT molecular complexity index is 267. The lowest BCUT2D eigenvalue weighted by atomic mass is 9.57. The molecule has 0 saturated heterocycles. The lowest BCUT2D eigenvalue weighted by Gasteiger charge is -2.47. The van der Waals surface area contributed by atoms with Gasteiger partial charge in [-0.2, -0.15) is 0 Å². The lowest BCUT2D eigenvalue weighted by molar-refractivity contribution is -0.129. The molecule has 0 aromatic carbocycles. The van der Waals surface area contributed by atoms with Crippen molar-refractivity contribution < 1.29 is 9.53 Å². The second-order valence-corrected chi connectivity index (χ2v) is 6.13. The first kappa shape index (κ1) is 13.3. The van der Waals surface area contributed by atoms with Gasteiger partial charge < -0.3 is 4.74 Å². The number of Topliss-reactive ketones (excluding diaryl/α,β-unsaturated/α-hetero) is 1. The van der Waals surface area contributed by atoms with Crippen LogP contribution in [0.3, 0.4) is 0 Å². The number of hydrogen-bond donors (Lipinski definition) is 0. The van der Waals surface area contributed by atoms with Gasteiger partial charge in [0.1, 0.15) is 5.78 Å². The smallest absolute Gasteiger partial charge is 0.134 e. The topological polar surface area (TPSA) is 26.3 Å². The van der Waals surface area contributed by atoms with Crippen molar-refractivity contribution in [3.05, 3.63) is 12.3 Å². The molecule has 0 aromatic rings. The largest absolute Gasteiger partial charge is 0.502 e. The van der Waals surface area contributed by atoms with Crippen molar-refractivity contribution >= 4 is 5.78 Å². The van der Waals surface area contributed by atoms with Gasteiger partial charge >= 0.3 is 0 Å². The van der Waals surface area contributed by atoms with E-state index in [9.17, 15) is 4.79 Å². The molecule has 0 unspecified atom stereocenters. The quantitative estimate of drug-likeness (QED) is 0.685. The Balaban J connectivity index is 2.88. The molecule has 16 heavy (non-hydrogen) atoms. The van der Waals surface area contributed by atoms with E-state index in [1.807, 2.05) is 6.92 Å². The van der Waals surface area contributed by atoms with Crippen LogP contribution in [-0.4, -0.2) is 12.4 Å². The zero-order valence-electron chi connectivity index (χ0n) is 11.2. The first-order valence-corrected chi connectivity index (χ1v) is 6.09. The van der Waals surface area contributed by atoms with Gasteiger partial charge in [0.05, 0.1) is 12.9 Å². The van der Waals surface area contributed by atoms with Crippen LogP contribution >= 0.6 is 0 Å². The van der Waals surface area contributed by atoms with Gasteiger partial charge in [0.2, 0.25) is 0 Å². The van der Waals surface area contributed by atoms with Crippen LogP contribution in [0.1, 0.15) is 47.5 Å². The van der Waals surface area contributed by atoms with E-state index >= 15 is 0 Å². The molecule has 0 bridgehead atoms. The predicted molar refractivity (Wildman–Crippen MR) is 66.1 cm³/mol. The minimum absolute atomic E-state index is 0.0342. The maximum absolute atomic E-state index is 11.7. The van der Waals surface area contributed by atoms with Crippen molar-refractivity contribution in [2.45, 2.75) is 47.5 Å². The summed E-state index contributed by atoms with van der Waals surface area (Å²) >= 11 is 0. The van der Waals surface area contributed by atoms with Crippen molar-refractivity contribution in [1.82, 2.24) is 0 Å². The highest BCUT2D eigenvalue weighted by atomic mass is 16.5. The van der Waals surface area contributed by atoms with Crippen LogP contribution in [0, 0.1) is 16.7 Å². The van der Waals surface area contributed by atoms with E-state index in [4.69, 9.17) is 4.74 Å². The van der Waals surface area contributed by atoms with Crippen LogP contribution in [0.15, 0.2) is 12.3 Å². The van der Waals surface area contributed by atoms with E-state index in [2.05, 4.69) is 33.8 Å². The monoisotopic (exact) mass is 224 g/mol. The fourth-order valence-electron chi connectivity index (χ4n) is 3.11. The Kier molecular flexibility index (Phi) is 3.82. The average molecular weight is 224 g/mol. The third kappa shape index (κ3) is 2.87. The molecule has 1 saturated carbocycles. The molecule has 0 spiro atoms. The third-order valence-electron chi connectivity index (χ3n) is 3.52. The molecule has 2 heteroatoms. The zero-order chi connectivity index (χ0) is 12.4. The molecule has 1 fully saturated rings. The summed E-state index contributed by atoms with van der Waals surface area (Å²) in [6.07, 6.45) is 5.29. The molecule has 0 radical (unpaired) electrons. The number of hydrogen-bond acceptors (Lipinski definition) is 2. The van der Waals surface area contributed by atoms with Crippen LogP contribution in [0.5, 0.6) is 0 Å². The van der Waals surface area contributed by atoms with Gasteiger partial charge in [0, 0.05) is 12.8 Å². The van der Waals surface area contributed by atoms with Crippen LogP contribution in [-0.2, 0) is 9.53 Å². The highest BCUT2D eigenvalue weighted by Crippen LogP contribution is 2.50. The second kappa shape index (κ2) is 4.60. The highest BCUT2D eigenvalue weighted by molar-refractivity contribution is 5.81. The number of rotatable bonds is 3. The van der Waals surface area contributed by atoms with E-state index in [0.29, 0.717) is 31.1 Å². The van der Waals surface area contributed by atoms with E-state index in [1.54, 1.807) is 6.26 Å². The van der Waals surface area contributed by atoms with Gasteiger partial charge in [-0.05, 0) is 29.7 Å². The number of ketones is 1. The molecule has 0 atom stereocenters. The molecule has 1 aliphatic rings. The van der Waals surface area contributed by atoms with E-state index in [-0.39, 0.29) is 10.8 Å². The standard InChI is InChI=1S/C14H24O2/c1-6-16-8-7-12-13(2,3)9-11(15)10-14(12,4)5/h7-8,12H,6,9-10H2,1-5H3. The molecule has 92 valence electrons. The van der Waals surface area contributed by atoms with E-state index < -0.39 is 0 Å². The summed E-state index contributed by atoms with van der Waals surface area (Å²) in [5, 5.41) is 0. The zero-order valence-corrected chi connectivity index (χ0v) is 11.2. The number of ether oxygens (including phenoxy) is 1. The van der Waals surface area contributed by atoms with Gasteiger partial charge in [0.25, 0.3) is 0 Å². The first-order valence-electron chi connectivity index (χ1n) is 6.09. The van der Waals surface area contributed by atoms with Crippen LogP contribution < -0.4 is 0 Å². The van der Waals surface area contributed by atoms with Crippen molar-refractivity contribution in [2.75, 3.05) is 6.61 Å². The minimum atomic E-state index is 0.0342. The van der Waals surface area contributed by atoms with E-state index in [1.165, 1.54) is 0 Å².